The molecule has 1 fully saturated rings. The van der Waals surface area contributed by atoms with Crippen LogP contribution in [0.25, 0.3) is 0 Å². The number of hydrogen-bond acceptors (Lipinski definition) is 3. The standard InChI is InChI=1S/C14H18BrNO4S/c1-10-3-2-7-16(8-6-10)21(19,20)13-5-4-11(14(17)18)9-12(13)15/h4-5,9-10H,2-3,6-8H2,1H3,(H,17,18). The zero-order valence-corrected chi connectivity index (χ0v) is 14.2. The molecule has 1 aromatic rings. The number of hydrogen-bond donors (Lipinski definition) is 1. The molecule has 2 rings (SSSR count). The van der Waals surface area contributed by atoms with Crippen LogP contribution in [-0.4, -0.2) is 36.9 Å². The number of carboxylic acids is 1. The minimum atomic E-state index is -3.59. The number of aromatic carboxylic acids is 1. The Bertz CT molecular complexity index is 644. The van der Waals surface area contributed by atoms with Crippen molar-refractivity contribution in [2.45, 2.75) is 31.1 Å². The summed E-state index contributed by atoms with van der Waals surface area (Å²) >= 11 is 3.18. The Balaban J connectivity index is 2.33. The minimum Gasteiger partial charge on any atom is -0.478 e. The molecular weight excluding hydrogens is 358 g/mol. The van der Waals surface area contributed by atoms with E-state index in [1.165, 1.54) is 22.5 Å². The summed E-state index contributed by atoms with van der Waals surface area (Å²) in [6, 6.07) is 4.01. The molecule has 0 aliphatic carbocycles. The van der Waals surface area contributed by atoms with Gasteiger partial charge in [-0.15, -0.1) is 0 Å². The number of sulfonamides is 1. The van der Waals surface area contributed by atoms with Crippen LogP contribution in [0.2, 0.25) is 0 Å². The molecule has 0 bridgehead atoms. The fourth-order valence-corrected chi connectivity index (χ4v) is 4.99. The average Bonchev–Trinajstić information content (AvgIpc) is 2.63. The summed E-state index contributed by atoms with van der Waals surface area (Å²) in [6.07, 6.45) is 2.74. The molecule has 1 aliphatic heterocycles. The molecule has 1 heterocycles. The molecule has 1 aromatic carbocycles. The molecule has 21 heavy (non-hydrogen) atoms. The van der Waals surface area contributed by atoms with E-state index in [1.54, 1.807) is 0 Å². The van der Waals surface area contributed by atoms with Gasteiger partial charge in [0.15, 0.2) is 0 Å². The van der Waals surface area contributed by atoms with E-state index >= 15 is 0 Å². The first-order valence-corrected chi connectivity index (χ1v) is 9.08. The van der Waals surface area contributed by atoms with Crippen molar-refractivity contribution < 1.29 is 18.3 Å². The Kier molecular flexibility index (Phi) is 5.06. The van der Waals surface area contributed by atoms with E-state index < -0.39 is 16.0 Å². The van der Waals surface area contributed by atoms with Gasteiger partial charge in [0, 0.05) is 17.6 Å². The molecule has 7 heteroatoms. The van der Waals surface area contributed by atoms with Gasteiger partial charge in [0.25, 0.3) is 0 Å². The highest BCUT2D eigenvalue weighted by atomic mass is 79.9. The van der Waals surface area contributed by atoms with Crippen LogP contribution in [0, 0.1) is 5.92 Å². The van der Waals surface area contributed by atoms with E-state index in [-0.39, 0.29) is 10.5 Å². The lowest BCUT2D eigenvalue weighted by atomic mass is 10.0. The molecule has 1 unspecified atom stereocenters. The van der Waals surface area contributed by atoms with Crippen LogP contribution in [-0.2, 0) is 10.0 Å². The highest BCUT2D eigenvalue weighted by Crippen LogP contribution is 2.28. The molecule has 1 saturated heterocycles. The van der Waals surface area contributed by atoms with Gasteiger partial charge in [-0.1, -0.05) is 6.92 Å². The first-order valence-electron chi connectivity index (χ1n) is 6.85. The molecule has 1 aliphatic rings. The Morgan fingerprint density at radius 3 is 2.67 bits per heavy atom. The lowest BCUT2D eigenvalue weighted by molar-refractivity contribution is 0.0696. The van der Waals surface area contributed by atoms with Crippen molar-refractivity contribution in [2.24, 2.45) is 5.92 Å². The van der Waals surface area contributed by atoms with Crippen molar-refractivity contribution >= 4 is 31.9 Å². The number of carbonyl (C=O) groups is 1. The van der Waals surface area contributed by atoms with Crippen molar-refractivity contribution in [1.29, 1.82) is 0 Å². The van der Waals surface area contributed by atoms with Crippen LogP contribution >= 0.6 is 15.9 Å². The van der Waals surface area contributed by atoms with Gasteiger partial charge in [-0.3, -0.25) is 0 Å². The van der Waals surface area contributed by atoms with Crippen molar-refractivity contribution in [3.63, 3.8) is 0 Å². The SMILES string of the molecule is CC1CCCN(S(=O)(=O)c2ccc(C(=O)O)cc2Br)CC1. The minimum absolute atomic E-state index is 0.0605. The van der Waals surface area contributed by atoms with Crippen molar-refractivity contribution in [1.82, 2.24) is 4.31 Å². The molecule has 116 valence electrons. The summed E-state index contributed by atoms with van der Waals surface area (Å²) < 4.78 is 27.2. The zero-order valence-electron chi connectivity index (χ0n) is 11.8. The van der Waals surface area contributed by atoms with E-state index in [9.17, 15) is 13.2 Å². The quantitative estimate of drug-likeness (QED) is 0.880. The Morgan fingerprint density at radius 2 is 2.05 bits per heavy atom. The maximum absolute atomic E-state index is 12.7. The smallest absolute Gasteiger partial charge is 0.335 e. The average molecular weight is 376 g/mol. The fraction of sp³-hybridized carbons (Fsp3) is 0.500. The van der Waals surface area contributed by atoms with Gasteiger partial charge in [-0.05, 0) is 59.3 Å². The van der Waals surface area contributed by atoms with Gasteiger partial charge < -0.3 is 5.11 Å². The van der Waals surface area contributed by atoms with Crippen LogP contribution in [0.4, 0.5) is 0 Å². The van der Waals surface area contributed by atoms with Crippen molar-refractivity contribution in [2.75, 3.05) is 13.1 Å². The topological polar surface area (TPSA) is 74.7 Å². The first kappa shape index (κ1) is 16.5. The third kappa shape index (κ3) is 3.64. The van der Waals surface area contributed by atoms with Crippen LogP contribution in [0.3, 0.4) is 0 Å². The summed E-state index contributed by atoms with van der Waals surface area (Å²) in [7, 11) is -3.59. The van der Waals surface area contributed by atoms with Crippen molar-refractivity contribution in [3.8, 4) is 0 Å². The largest absolute Gasteiger partial charge is 0.478 e. The second-order valence-corrected chi connectivity index (χ2v) is 8.15. The van der Waals surface area contributed by atoms with Gasteiger partial charge in [0.05, 0.1) is 10.5 Å². The van der Waals surface area contributed by atoms with Crippen LogP contribution < -0.4 is 0 Å². The summed E-state index contributed by atoms with van der Waals surface area (Å²) in [5.41, 5.74) is 0.0605. The van der Waals surface area contributed by atoms with Gasteiger partial charge in [0.2, 0.25) is 10.0 Å². The summed E-state index contributed by atoms with van der Waals surface area (Å²) in [4.78, 5) is 11.0. The molecule has 0 aromatic heterocycles. The van der Waals surface area contributed by atoms with E-state index in [4.69, 9.17) is 5.11 Å². The molecule has 0 spiro atoms. The van der Waals surface area contributed by atoms with E-state index in [0.717, 1.165) is 19.3 Å². The monoisotopic (exact) mass is 375 g/mol. The second-order valence-electron chi connectivity index (χ2n) is 5.39. The van der Waals surface area contributed by atoms with E-state index in [1.807, 2.05) is 0 Å². The maximum atomic E-state index is 12.7. The molecule has 1 atom stereocenters. The molecular formula is C14H18BrNO4S. The normalized spacial score (nSPS) is 21.0. The molecule has 0 amide bonds. The van der Waals surface area contributed by atoms with Crippen LogP contribution in [0.1, 0.15) is 36.5 Å². The summed E-state index contributed by atoms with van der Waals surface area (Å²) in [5, 5.41) is 8.94. The number of halogens is 1. The van der Waals surface area contributed by atoms with E-state index in [2.05, 4.69) is 22.9 Å². The van der Waals surface area contributed by atoms with Crippen molar-refractivity contribution in [3.05, 3.63) is 28.2 Å². The Labute approximate surface area is 133 Å². The molecule has 1 N–H and O–H groups in total. The maximum Gasteiger partial charge on any atom is 0.335 e. The fourth-order valence-electron chi connectivity index (χ4n) is 2.46. The highest BCUT2D eigenvalue weighted by molar-refractivity contribution is 9.10. The number of rotatable bonds is 3. The molecule has 5 nitrogen and oxygen atoms in total. The predicted octanol–water partition coefficient (Wildman–Crippen LogP) is 2.96. The third-order valence-electron chi connectivity index (χ3n) is 3.77. The number of carboxylic acid groups (broad SMARTS) is 1. The van der Waals surface area contributed by atoms with Gasteiger partial charge >= 0.3 is 5.97 Å². The van der Waals surface area contributed by atoms with Crippen LogP contribution in [0.5, 0.6) is 0 Å². The molecule has 0 saturated carbocycles. The molecule has 0 radical (unpaired) electrons. The number of nitrogens with zero attached hydrogens (tertiary/aromatic N) is 1. The Morgan fingerprint density at radius 1 is 1.33 bits per heavy atom. The second kappa shape index (κ2) is 6.46. The Hall–Kier alpha value is -0.920. The van der Waals surface area contributed by atoms with Gasteiger partial charge in [-0.25, -0.2) is 13.2 Å². The zero-order chi connectivity index (χ0) is 15.6. The first-order chi connectivity index (χ1) is 9.82. The van der Waals surface area contributed by atoms with E-state index in [0.29, 0.717) is 23.5 Å². The number of benzene rings is 1. The lowest BCUT2D eigenvalue weighted by Crippen LogP contribution is -2.32. The van der Waals surface area contributed by atoms with Gasteiger partial charge in [0.1, 0.15) is 0 Å². The predicted molar refractivity (Wildman–Crippen MR) is 82.9 cm³/mol. The van der Waals surface area contributed by atoms with Gasteiger partial charge in [-0.2, -0.15) is 4.31 Å². The summed E-state index contributed by atoms with van der Waals surface area (Å²) in [6.45, 7) is 3.16. The lowest BCUT2D eigenvalue weighted by Gasteiger charge is -2.21. The summed E-state index contributed by atoms with van der Waals surface area (Å²) in [5.74, 6) is -0.550. The van der Waals surface area contributed by atoms with Crippen LogP contribution in [0.15, 0.2) is 27.6 Å². The third-order valence-corrected chi connectivity index (χ3v) is 6.65. The highest BCUT2D eigenvalue weighted by Gasteiger charge is 2.28.